The predicted octanol–water partition coefficient (Wildman–Crippen LogP) is 3.33. The van der Waals surface area contributed by atoms with E-state index in [-0.39, 0.29) is 12.2 Å². The molecule has 0 saturated carbocycles. The van der Waals surface area contributed by atoms with Gasteiger partial charge in [0.2, 0.25) is 21.8 Å². The molecule has 0 aromatic heterocycles. The second-order valence-electron chi connectivity index (χ2n) is 7.48. The molecule has 1 N–H and O–H groups in total. The second kappa shape index (κ2) is 11.4. The molecule has 1 atom stereocenters. The maximum Gasteiger partial charge on any atom is 0.244 e. The Kier molecular flexibility index (Phi) is 9.18. The Morgan fingerprint density at radius 3 is 2.27 bits per heavy atom. The monoisotopic (exact) mass is 501 g/mol. The van der Waals surface area contributed by atoms with Gasteiger partial charge in [0.25, 0.3) is 0 Å². The number of hydrogen-bond acceptors (Lipinski definition) is 4. The Labute approximate surface area is 197 Å². The molecule has 0 saturated heterocycles. The van der Waals surface area contributed by atoms with Gasteiger partial charge >= 0.3 is 0 Å². The number of hydrogen-bond donors (Lipinski definition) is 1. The number of carbonyl (C=O) groups excluding carboxylic acids is 2. The van der Waals surface area contributed by atoms with E-state index in [1.54, 1.807) is 24.3 Å². The van der Waals surface area contributed by atoms with Crippen LogP contribution in [0.15, 0.2) is 42.5 Å². The van der Waals surface area contributed by atoms with Gasteiger partial charge in [-0.3, -0.25) is 13.9 Å². The van der Waals surface area contributed by atoms with Crippen molar-refractivity contribution in [1.82, 2.24) is 10.2 Å². The van der Waals surface area contributed by atoms with Crippen LogP contribution in [0.2, 0.25) is 5.02 Å². The second-order valence-corrected chi connectivity index (χ2v) is 9.83. The quantitative estimate of drug-likeness (QED) is 0.541. The Morgan fingerprint density at radius 2 is 1.73 bits per heavy atom. The highest BCUT2D eigenvalue weighted by molar-refractivity contribution is 7.92. The minimum Gasteiger partial charge on any atom is -0.354 e. The van der Waals surface area contributed by atoms with Crippen LogP contribution in [0.1, 0.15) is 25.8 Å². The van der Waals surface area contributed by atoms with Crippen LogP contribution in [-0.2, 0) is 26.2 Å². The van der Waals surface area contributed by atoms with Gasteiger partial charge in [-0.15, -0.1) is 0 Å². The number of sulfonamides is 1. The summed E-state index contributed by atoms with van der Waals surface area (Å²) in [5.41, 5.74) is 0.459. The minimum atomic E-state index is -4.04. The maximum atomic E-state index is 13.7. The number of halogens is 3. The van der Waals surface area contributed by atoms with Gasteiger partial charge < -0.3 is 10.2 Å². The molecule has 2 rings (SSSR count). The van der Waals surface area contributed by atoms with Crippen molar-refractivity contribution in [3.8, 4) is 0 Å². The standard InChI is InChI=1S/C22H26ClF2N3O4S/c1-4-11-26-22(30)15(2)27(13-16-5-7-17(23)8-6-16)21(29)14-28(33(3,31)32)18-9-10-19(24)20(25)12-18/h5-10,12,15H,4,11,13-14H2,1-3H3,(H,26,30)/t15-/m0/s1. The first kappa shape index (κ1) is 26.5. The Balaban J connectivity index is 2.38. The SMILES string of the molecule is CCCNC(=O)[C@H](C)N(Cc1ccc(Cl)cc1)C(=O)CN(c1ccc(F)c(F)c1)S(C)(=O)=O. The molecule has 7 nitrogen and oxygen atoms in total. The number of benzene rings is 2. The van der Waals surface area contributed by atoms with Crippen LogP contribution < -0.4 is 9.62 Å². The van der Waals surface area contributed by atoms with E-state index >= 15 is 0 Å². The highest BCUT2D eigenvalue weighted by atomic mass is 35.5. The third kappa shape index (κ3) is 7.40. The first-order chi connectivity index (χ1) is 15.4. The van der Waals surface area contributed by atoms with E-state index in [1.165, 1.54) is 11.8 Å². The fourth-order valence-electron chi connectivity index (χ4n) is 3.02. The number of rotatable bonds is 10. The molecular formula is C22H26ClF2N3O4S. The van der Waals surface area contributed by atoms with Gasteiger partial charge in [0, 0.05) is 24.2 Å². The van der Waals surface area contributed by atoms with Crippen LogP contribution in [0.25, 0.3) is 0 Å². The summed E-state index contributed by atoms with van der Waals surface area (Å²) in [6.07, 6.45) is 1.55. The normalized spacial score (nSPS) is 12.2. The van der Waals surface area contributed by atoms with Crippen molar-refractivity contribution < 1.29 is 26.8 Å². The lowest BCUT2D eigenvalue weighted by atomic mass is 10.1. The third-order valence-corrected chi connectivity index (χ3v) is 6.25. The molecule has 0 spiro atoms. The van der Waals surface area contributed by atoms with Crippen molar-refractivity contribution in [3.63, 3.8) is 0 Å². The van der Waals surface area contributed by atoms with E-state index in [2.05, 4.69) is 5.32 Å². The zero-order valence-electron chi connectivity index (χ0n) is 18.5. The smallest absolute Gasteiger partial charge is 0.244 e. The van der Waals surface area contributed by atoms with Crippen molar-refractivity contribution in [2.45, 2.75) is 32.9 Å². The lowest BCUT2D eigenvalue weighted by Crippen LogP contribution is -2.51. The van der Waals surface area contributed by atoms with E-state index in [4.69, 9.17) is 11.6 Å². The zero-order chi connectivity index (χ0) is 24.8. The lowest BCUT2D eigenvalue weighted by Gasteiger charge is -2.31. The molecule has 33 heavy (non-hydrogen) atoms. The molecule has 2 aromatic carbocycles. The Bertz CT molecular complexity index is 1100. The highest BCUT2D eigenvalue weighted by Gasteiger charge is 2.30. The van der Waals surface area contributed by atoms with Gasteiger partial charge in [0.15, 0.2) is 11.6 Å². The van der Waals surface area contributed by atoms with Gasteiger partial charge in [-0.25, -0.2) is 17.2 Å². The van der Waals surface area contributed by atoms with Gasteiger partial charge in [0.1, 0.15) is 12.6 Å². The maximum absolute atomic E-state index is 13.7. The van der Waals surface area contributed by atoms with Crippen molar-refractivity contribution in [2.75, 3.05) is 23.7 Å². The lowest BCUT2D eigenvalue weighted by molar-refractivity contribution is -0.139. The van der Waals surface area contributed by atoms with Crippen LogP contribution in [0.4, 0.5) is 14.5 Å². The van der Waals surface area contributed by atoms with Gasteiger partial charge in [0.05, 0.1) is 11.9 Å². The van der Waals surface area contributed by atoms with Gasteiger partial charge in [-0.1, -0.05) is 30.7 Å². The van der Waals surface area contributed by atoms with E-state index < -0.39 is 46.1 Å². The Hall–Kier alpha value is -2.72. The Morgan fingerprint density at radius 1 is 1.09 bits per heavy atom. The first-order valence-corrected chi connectivity index (χ1v) is 12.4. The molecule has 0 aliphatic rings. The summed E-state index contributed by atoms with van der Waals surface area (Å²) in [5.74, 6) is -3.50. The van der Waals surface area contributed by atoms with E-state index in [1.807, 2.05) is 6.92 Å². The van der Waals surface area contributed by atoms with Crippen molar-refractivity contribution in [2.24, 2.45) is 0 Å². The molecule has 0 aliphatic heterocycles. The first-order valence-electron chi connectivity index (χ1n) is 10.2. The van der Waals surface area contributed by atoms with Gasteiger partial charge in [-0.2, -0.15) is 0 Å². The number of amides is 2. The molecule has 2 aromatic rings. The highest BCUT2D eigenvalue weighted by Crippen LogP contribution is 2.22. The summed E-state index contributed by atoms with van der Waals surface area (Å²) in [6, 6.07) is 8.24. The van der Waals surface area contributed by atoms with Crippen LogP contribution >= 0.6 is 11.6 Å². The van der Waals surface area contributed by atoms with Crippen molar-refractivity contribution in [3.05, 3.63) is 64.7 Å². The topological polar surface area (TPSA) is 86.8 Å². The summed E-state index contributed by atoms with van der Waals surface area (Å²) >= 11 is 5.92. The molecule has 2 amide bonds. The minimum absolute atomic E-state index is 0.00605. The number of nitrogens with zero attached hydrogens (tertiary/aromatic N) is 2. The molecule has 0 bridgehead atoms. The fraction of sp³-hybridized carbons (Fsp3) is 0.364. The zero-order valence-corrected chi connectivity index (χ0v) is 20.1. The number of anilines is 1. The summed E-state index contributed by atoms with van der Waals surface area (Å²) in [7, 11) is -4.04. The fourth-order valence-corrected chi connectivity index (χ4v) is 3.99. The number of carbonyl (C=O) groups is 2. The van der Waals surface area contributed by atoms with Crippen LogP contribution in [-0.4, -0.2) is 50.5 Å². The summed E-state index contributed by atoms with van der Waals surface area (Å²) in [4.78, 5) is 27.1. The largest absolute Gasteiger partial charge is 0.354 e. The molecule has 0 unspecified atom stereocenters. The molecule has 0 fully saturated rings. The molecular weight excluding hydrogens is 476 g/mol. The van der Waals surface area contributed by atoms with Crippen LogP contribution in [0, 0.1) is 11.6 Å². The summed E-state index contributed by atoms with van der Waals surface area (Å²) in [6.45, 7) is 3.13. The molecule has 180 valence electrons. The third-order valence-electron chi connectivity index (χ3n) is 4.85. The van der Waals surface area contributed by atoms with Crippen molar-refractivity contribution >= 4 is 39.1 Å². The van der Waals surface area contributed by atoms with E-state index in [0.717, 1.165) is 18.4 Å². The van der Waals surface area contributed by atoms with E-state index in [9.17, 15) is 26.8 Å². The predicted molar refractivity (Wildman–Crippen MR) is 123 cm³/mol. The summed E-state index contributed by atoms with van der Waals surface area (Å²) < 4.78 is 52.5. The van der Waals surface area contributed by atoms with Crippen molar-refractivity contribution in [1.29, 1.82) is 0 Å². The molecule has 0 radical (unpaired) electrons. The van der Waals surface area contributed by atoms with E-state index in [0.29, 0.717) is 33.9 Å². The number of nitrogens with one attached hydrogen (secondary N) is 1. The summed E-state index contributed by atoms with van der Waals surface area (Å²) in [5, 5.41) is 3.21. The average Bonchev–Trinajstić information content (AvgIpc) is 2.76. The van der Waals surface area contributed by atoms with Crippen LogP contribution in [0.5, 0.6) is 0 Å². The van der Waals surface area contributed by atoms with Gasteiger partial charge in [-0.05, 0) is 43.2 Å². The molecule has 11 heteroatoms. The van der Waals surface area contributed by atoms with Crippen LogP contribution in [0.3, 0.4) is 0 Å². The molecule has 0 heterocycles. The molecule has 0 aliphatic carbocycles. The average molecular weight is 502 g/mol.